The highest BCUT2D eigenvalue weighted by Crippen LogP contribution is 2.67. The fourth-order valence-electron chi connectivity index (χ4n) is 9.10. The van der Waals surface area contributed by atoms with Crippen LogP contribution in [0.15, 0.2) is 12.2 Å². The van der Waals surface area contributed by atoms with Crippen molar-refractivity contribution in [2.24, 2.45) is 58.2 Å². The molecule has 3 fully saturated rings. The zero-order valence-electron chi connectivity index (χ0n) is 20.6. The molecule has 29 heavy (non-hydrogen) atoms. The molecule has 4 aliphatic rings. The first-order valence-corrected chi connectivity index (χ1v) is 13.5. The molecule has 0 aromatic rings. The maximum Gasteiger partial charge on any atom is -0.0166 e. The number of allylic oxidation sites excluding steroid dienone is 2. The van der Waals surface area contributed by atoms with E-state index < -0.39 is 0 Å². The van der Waals surface area contributed by atoms with Crippen molar-refractivity contribution in [2.45, 2.75) is 112 Å². The van der Waals surface area contributed by atoms with Crippen LogP contribution in [0, 0.1) is 58.2 Å². The van der Waals surface area contributed by atoms with E-state index in [2.05, 4.69) is 53.7 Å². The Morgan fingerprint density at radius 1 is 0.862 bits per heavy atom. The van der Waals surface area contributed by atoms with Gasteiger partial charge in [0, 0.05) is 0 Å². The van der Waals surface area contributed by atoms with Crippen molar-refractivity contribution >= 4 is 0 Å². The molecular formula is C29H50. The molecule has 4 aliphatic carbocycles. The minimum absolute atomic E-state index is 0.605. The van der Waals surface area contributed by atoms with Crippen molar-refractivity contribution < 1.29 is 0 Å². The largest absolute Gasteiger partial charge is 0.0846 e. The summed E-state index contributed by atoms with van der Waals surface area (Å²) in [5.74, 6) is 7.48. The Balaban J connectivity index is 1.49. The standard InChI is InChI=1S/C29H50/c1-7-22-15-17-28(5)23(19-22)11-12-24-26-14-13-25(21(4)10-8-9-20(2)3)29(26,6)18-16-27(24)28/h11-12,20-27H,7-10,13-19H2,1-6H3. The number of hydrogen-bond donors (Lipinski definition) is 0. The fraction of sp³-hybridized carbons (Fsp3) is 0.931. The van der Waals surface area contributed by atoms with Crippen LogP contribution in [0.2, 0.25) is 0 Å². The highest BCUT2D eigenvalue weighted by molar-refractivity contribution is 5.18. The number of hydrogen-bond acceptors (Lipinski definition) is 0. The van der Waals surface area contributed by atoms with Crippen molar-refractivity contribution in [3.8, 4) is 0 Å². The second-order valence-corrected chi connectivity index (χ2v) is 12.9. The van der Waals surface area contributed by atoms with E-state index in [0.29, 0.717) is 10.8 Å². The summed E-state index contributed by atoms with van der Waals surface area (Å²) in [5, 5.41) is 0. The summed E-state index contributed by atoms with van der Waals surface area (Å²) in [6.45, 7) is 15.2. The first-order chi connectivity index (χ1) is 13.8. The van der Waals surface area contributed by atoms with Gasteiger partial charge in [-0.05, 0) is 103 Å². The van der Waals surface area contributed by atoms with Crippen LogP contribution in [0.25, 0.3) is 0 Å². The molecule has 0 aromatic heterocycles. The van der Waals surface area contributed by atoms with Crippen LogP contribution in [0.4, 0.5) is 0 Å². The smallest absolute Gasteiger partial charge is 0.0166 e. The zero-order chi connectivity index (χ0) is 20.8. The molecule has 3 saturated carbocycles. The van der Waals surface area contributed by atoms with Gasteiger partial charge in [0.1, 0.15) is 0 Å². The van der Waals surface area contributed by atoms with Crippen LogP contribution in [-0.2, 0) is 0 Å². The SMILES string of the molecule is CCC1CCC2(C)C(C=CC3C2CCC2(C)C(C(C)CCCC(C)C)CCC32)C1. The Kier molecular flexibility index (Phi) is 6.32. The third-order valence-electron chi connectivity index (χ3n) is 11.0. The Labute approximate surface area is 182 Å². The number of fused-ring (bicyclic) bond motifs is 5. The summed E-state index contributed by atoms with van der Waals surface area (Å²) in [6.07, 6.45) is 21.8. The number of rotatable bonds is 6. The Morgan fingerprint density at radius 2 is 1.59 bits per heavy atom. The molecule has 0 heterocycles. The lowest BCUT2D eigenvalue weighted by molar-refractivity contribution is -0.0714. The monoisotopic (exact) mass is 398 g/mol. The van der Waals surface area contributed by atoms with E-state index in [4.69, 9.17) is 0 Å². The Bertz CT molecular complexity index is 587. The van der Waals surface area contributed by atoms with Crippen molar-refractivity contribution in [1.82, 2.24) is 0 Å². The van der Waals surface area contributed by atoms with Crippen molar-refractivity contribution in [2.75, 3.05) is 0 Å². The van der Waals surface area contributed by atoms with Gasteiger partial charge in [-0.25, -0.2) is 0 Å². The minimum Gasteiger partial charge on any atom is -0.0846 e. The van der Waals surface area contributed by atoms with E-state index in [1.165, 1.54) is 70.6 Å². The van der Waals surface area contributed by atoms with Gasteiger partial charge in [0.2, 0.25) is 0 Å². The first-order valence-electron chi connectivity index (χ1n) is 13.5. The molecular weight excluding hydrogens is 348 g/mol. The molecule has 0 heteroatoms. The summed E-state index contributed by atoms with van der Waals surface area (Å²) in [5.41, 5.74) is 1.22. The maximum absolute atomic E-state index is 2.77. The van der Waals surface area contributed by atoms with E-state index in [9.17, 15) is 0 Å². The van der Waals surface area contributed by atoms with Gasteiger partial charge in [-0.15, -0.1) is 0 Å². The molecule has 166 valence electrons. The molecule has 0 aromatic carbocycles. The summed E-state index contributed by atoms with van der Waals surface area (Å²) in [4.78, 5) is 0. The lowest BCUT2D eigenvalue weighted by atomic mass is 9.45. The molecule has 0 nitrogen and oxygen atoms in total. The summed E-state index contributed by atoms with van der Waals surface area (Å²) >= 11 is 0. The van der Waals surface area contributed by atoms with E-state index in [0.717, 1.165) is 47.3 Å². The molecule has 0 spiro atoms. The van der Waals surface area contributed by atoms with E-state index >= 15 is 0 Å². The van der Waals surface area contributed by atoms with Gasteiger partial charge in [0.05, 0.1) is 0 Å². The molecule has 0 aliphatic heterocycles. The predicted molar refractivity (Wildman–Crippen MR) is 127 cm³/mol. The molecule has 0 saturated heterocycles. The van der Waals surface area contributed by atoms with Gasteiger partial charge in [-0.2, -0.15) is 0 Å². The van der Waals surface area contributed by atoms with Crippen LogP contribution >= 0.6 is 0 Å². The van der Waals surface area contributed by atoms with Crippen LogP contribution in [0.5, 0.6) is 0 Å². The van der Waals surface area contributed by atoms with Gasteiger partial charge < -0.3 is 0 Å². The molecule has 0 radical (unpaired) electrons. The second kappa shape index (κ2) is 8.35. The summed E-state index contributed by atoms with van der Waals surface area (Å²) in [6, 6.07) is 0. The molecule has 9 unspecified atom stereocenters. The van der Waals surface area contributed by atoms with E-state index in [-0.39, 0.29) is 0 Å². The van der Waals surface area contributed by atoms with Crippen molar-refractivity contribution in [3.63, 3.8) is 0 Å². The average molecular weight is 399 g/mol. The van der Waals surface area contributed by atoms with Gasteiger partial charge in [0.25, 0.3) is 0 Å². The maximum atomic E-state index is 2.77. The predicted octanol–water partition coefficient (Wildman–Crippen LogP) is 8.91. The quantitative estimate of drug-likeness (QED) is 0.392. The normalized spacial score (nSPS) is 47.6. The first kappa shape index (κ1) is 22.0. The minimum atomic E-state index is 0.605. The highest BCUT2D eigenvalue weighted by atomic mass is 14.6. The Morgan fingerprint density at radius 3 is 2.31 bits per heavy atom. The van der Waals surface area contributed by atoms with Crippen molar-refractivity contribution in [1.29, 1.82) is 0 Å². The van der Waals surface area contributed by atoms with Gasteiger partial charge >= 0.3 is 0 Å². The molecule has 0 amide bonds. The second-order valence-electron chi connectivity index (χ2n) is 12.9. The molecule has 0 N–H and O–H groups in total. The van der Waals surface area contributed by atoms with E-state index in [1.807, 2.05) is 0 Å². The van der Waals surface area contributed by atoms with Crippen LogP contribution < -0.4 is 0 Å². The van der Waals surface area contributed by atoms with Crippen LogP contribution in [-0.4, -0.2) is 0 Å². The zero-order valence-corrected chi connectivity index (χ0v) is 20.6. The topological polar surface area (TPSA) is 0 Å². The van der Waals surface area contributed by atoms with Crippen molar-refractivity contribution in [3.05, 3.63) is 12.2 Å². The fourth-order valence-corrected chi connectivity index (χ4v) is 9.10. The lowest BCUT2D eigenvalue weighted by Gasteiger charge is -2.59. The van der Waals surface area contributed by atoms with Crippen LogP contribution in [0.3, 0.4) is 0 Å². The molecule has 4 rings (SSSR count). The van der Waals surface area contributed by atoms with Gasteiger partial charge in [-0.1, -0.05) is 79.4 Å². The van der Waals surface area contributed by atoms with Crippen LogP contribution in [0.1, 0.15) is 112 Å². The third kappa shape index (κ3) is 3.78. The lowest BCUT2D eigenvalue weighted by Crippen LogP contribution is -2.52. The highest BCUT2D eigenvalue weighted by Gasteiger charge is 2.59. The average Bonchev–Trinajstić information content (AvgIpc) is 3.04. The summed E-state index contributed by atoms with van der Waals surface area (Å²) in [7, 11) is 0. The van der Waals surface area contributed by atoms with Gasteiger partial charge in [0.15, 0.2) is 0 Å². The molecule has 9 atom stereocenters. The van der Waals surface area contributed by atoms with E-state index in [1.54, 1.807) is 0 Å². The third-order valence-corrected chi connectivity index (χ3v) is 11.0. The summed E-state index contributed by atoms with van der Waals surface area (Å²) < 4.78 is 0. The molecule has 0 bridgehead atoms. The Hall–Kier alpha value is -0.260. The van der Waals surface area contributed by atoms with Gasteiger partial charge in [-0.3, -0.25) is 0 Å².